The van der Waals surface area contributed by atoms with Crippen LogP contribution in [0.1, 0.15) is 27.0 Å². The van der Waals surface area contributed by atoms with Gasteiger partial charge in [0, 0.05) is 11.4 Å². The molecule has 0 aromatic heterocycles. The largest absolute Gasteiger partial charge is 0.496 e. The van der Waals surface area contributed by atoms with Gasteiger partial charge in [-0.25, -0.2) is 0 Å². The van der Waals surface area contributed by atoms with Crippen LogP contribution in [0.5, 0.6) is 5.75 Å². The maximum atomic E-state index is 13.0. The first-order valence-electron chi connectivity index (χ1n) is 9.36. The Kier molecular flexibility index (Phi) is 6.29. The first-order chi connectivity index (χ1) is 14.0. The number of amides is 2. The molecule has 3 aromatic rings. The smallest absolute Gasteiger partial charge is 0.259 e. The zero-order valence-electron chi connectivity index (χ0n) is 16.8. The molecule has 0 fully saturated rings. The Morgan fingerprint density at radius 2 is 1.34 bits per heavy atom. The highest BCUT2D eigenvalue weighted by Crippen LogP contribution is 2.25. The maximum absolute atomic E-state index is 13.0. The Hall–Kier alpha value is -3.60. The molecule has 5 heteroatoms. The summed E-state index contributed by atoms with van der Waals surface area (Å²) in [6.07, 6.45) is 0.0573. The third-order valence-electron chi connectivity index (χ3n) is 4.56. The van der Waals surface area contributed by atoms with Crippen LogP contribution in [0, 0.1) is 13.8 Å². The average molecular weight is 388 g/mol. The number of hydrogen-bond acceptors (Lipinski definition) is 3. The van der Waals surface area contributed by atoms with Crippen LogP contribution in [-0.2, 0) is 11.2 Å². The second kappa shape index (κ2) is 9.06. The Labute approximate surface area is 170 Å². The number of ether oxygens (including phenoxy) is 1. The number of carbonyl (C=O) groups excluding carboxylic acids is 2. The predicted molar refractivity (Wildman–Crippen MR) is 116 cm³/mol. The van der Waals surface area contributed by atoms with Crippen molar-refractivity contribution in [3.05, 3.63) is 89.0 Å². The lowest BCUT2D eigenvalue weighted by Gasteiger charge is -2.14. The normalized spacial score (nSPS) is 10.3. The zero-order valence-corrected chi connectivity index (χ0v) is 16.8. The van der Waals surface area contributed by atoms with E-state index in [1.54, 1.807) is 18.2 Å². The molecule has 0 aliphatic heterocycles. The van der Waals surface area contributed by atoms with Gasteiger partial charge in [-0.2, -0.15) is 0 Å². The second-order valence-corrected chi connectivity index (χ2v) is 6.91. The van der Waals surface area contributed by atoms with Gasteiger partial charge in [0.1, 0.15) is 5.75 Å². The summed E-state index contributed by atoms with van der Waals surface area (Å²) in [6, 6.07) is 20.3. The molecule has 2 amide bonds. The standard InChI is InChI=1S/C24H24N2O3/c1-16-7-11-19(12-8-16)25-22(27)15-18-5-4-6-21(29-3)23(18)24(28)26-20-13-9-17(2)10-14-20/h4-14H,15H2,1-3H3,(H,25,27)(H,26,28). The fourth-order valence-corrected chi connectivity index (χ4v) is 3.00. The lowest BCUT2D eigenvalue weighted by molar-refractivity contribution is -0.115. The summed E-state index contributed by atoms with van der Waals surface area (Å²) in [4.78, 5) is 25.5. The van der Waals surface area contributed by atoms with E-state index < -0.39 is 0 Å². The molecule has 0 unspecified atom stereocenters. The molecule has 0 saturated heterocycles. The fourth-order valence-electron chi connectivity index (χ4n) is 3.00. The minimum atomic E-state index is -0.315. The Bertz CT molecular complexity index is 1010. The van der Waals surface area contributed by atoms with Crippen molar-refractivity contribution in [1.29, 1.82) is 0 Å². The van der Waals surface area contributed by atoms with Crippen molar-refractivity contribution in [2.24, 2.45) is 0 Å². The summed E-state index contributed by atoms with van der Waals surface area (Å²) in [5.41, 5.74) is 4.57. The van der Waals surface area contributed by atoms with E-state index in [1.165, 1.54) is 7.11 Å². The van der Waals surface area contributed by atoms with Crippen LogP contribution in [0.4, 0.5) is 11.4 Å². The molecule has 0 bridgehead atoms. The van der Waals surface area contributed by atoms with Crippen LogP contribution in [0.25, 0.3) is 0 Å². The molecule has 0 aliphatic rings. The second-order valence-electron chi connectivity index (χ2n) is 6.91. The van der Waals surface area contributed by atoms with E-state index in [4.69, 9.17) is 4.74 Å². The molecule has 2 N–H and O–H groups in total. The third kappa shape index (κ3) is 5.23. The monoisotopic (exact) mass is 388 g/mol. The number of anilines is 2. The molecule has 0 spiro atoms. The summed E-state index contributed by atoms with van der Waals surface area (Å²) in [7, 11) is 1.51. The summed E-state index contributed by atoms with van der Waals surface area (Å²) in [5, 5.41) is 5.74. The van der Waals surface area contributed by atoms with E-state index >= 15 is 0 Å². The molecule has 3 rings (SSSR count). The van der Waals surface area contributed by atoms with Gasteiger partial charge in [-0.05, 0) is 49.7 Å². The summed E-state index contributed by atoms with van der Waals surface area (Å²) < 4.78 is 5.38. The molecule has 0 atom stereocenters. The van der Waals surface area contributed by atoms with Crippen LogP contribution < -0.4 is 15.4 Å². The highest BCUT2D eigenvalue weighted by molar-refractivity contribution is 6.08. The number of hydrogen-bond donors (Lipinski definition) is 2. The Balaban J connectivity index is 1.81. The Morgan fingerprint density at radius 3 is 1.90 bits per heavy atom. The number of aryl methyl sites for hydroxylation is 2. The fraction of sp³-hybridized carbons (Fsp3) is 0.167. The van der Waals surface area contributed by atoms with E-state index in [0.717, 1.165) is 11.1 Å². The van der Waals surface area contributed by atoms with Gasteiger partial charge in [-0.3, -0.25) is 9.59 Å². The maximum Gasteiger partial charge on any atom is 0.259 e. The highest BCUT2D eigenvalue weighted by atomic mass is 16.5. The van der Waals surface area contributed by atoms with Crippen molar-refractivity contribution in [3.8, 4) is 5.75 Å². The van der Waals surface area contributed by atoms with Crippen molar-refractivity contribution in [3.63, 3.8) is 0 Å². The lowest BCUT2D eigenvalue weighted by atomic mass is 10.0. The van der Waals surface area contributed by atoms with Gasteiger partial charge in [0.25, 0.3) is 5.91 Å². The molecular formula is C24H24N2O3. The predicted octanol–water partition coefficient (Wildman–Crippen LogP) is 4.75. The van der Waals surface area contributed by atoms with Gasteiger partial charge in [-0.1, -0.05) is 47.5 Å². The molecule has 0 aliphatic carbocycles. The molecular weight excluding hydrogens is 364 g/mol. The molecule has 0 radical (unpaired) electrons. The van der Waals surface area contributed by atoms with Crippen molar-refractivity contribution in [1.82, 2.24) is 0 Å². The topological polar surface area (TPSA) is 67.4 Å². The molecule has 0 heterocycles. The number of carbonyl (C=O) groups is 2. The van der Waals surface area contributed by atoms with Crippen molar-refractivity contribution >= 4 is 23.2 Å². The number of nitrogens with one attached hydrogen (secondary N) is 2. The minimum Gasteiger partial charge on any atom is -0.496 e. The van der Waals surface area contributed by atoms with Gasteiger partial charge in [0.05, 0.1) is 19.1 Å². The van der Waals surface area contributed by atoms with Crippen LogP contribution in [0.3, 0.4) is 0 Å². The molecule has 29 heavy (non-hydrogen) atoms. The van der Waals surface area contributed by atoms with E-state index in [9.17, 15) is 9.59 Å². The lowest BCUT2D eigenvalue weighted by Crippen LogP contribution is -2.20. The van der Waals surface area contributed by atoms with Crippen LogP contribution in [0.2, 0.25) is 0 Å². The van der Waals surface area contributed by atoms with Crippen LogP contribution >= 0.6 is 0 Å². The van der Waals surface area contributed by atoms with E-state index in [1.807, 2.05) is 62.4 Å². The molecule has 0 saturated carbocycles. The highest BCUT2D eigenvalue weighted by Gasteiger charge is 2.19. The van der Waals surface area contributed by atoms with Gasteiger partial charge >= 0.3 is 0 Å². The van der Waals surface area contributed by atoms with Crippen molar-refractivity contribution in [2.75, 3.05) is 17.7 Å². The number of rotatable bonds is 6. The minimum absolute atomic E-state index is 0.0573. The van der Waals surface area contributed by atoms with E-state index in [0.29, 0.717) is 28.3 Å². The van der Waals surface area contributed by atoms with Crippen molar-refractivity contribution < 1.29 is 14.3 Å². The molecule has 148 valence electrons. The van der Waals surface area contributed by atoms with Gasteiger partial charge in [0.15, 0.2) is 0 Å². The molecule has 3 aromatic carbocycles. The zero-order chi connectivity index (χ0) is 20.8. The SMILES string of the molecule is COc1cccc(CC(=O)Nc2ccc(C)cc2)c1C(=O)Nc1ccc(C)cc1. The summed E-state index contributed by atoms with van der Waals surface area (Å²) in [5.74, 6) is -0.0915. The quantitative estimate of drug-likeness (QED) is 0.641. The van der Waals surface area contributed by atoms with Gasteiger partial charge < -0.3 is 15.4 Å². The van der Waals surface area contributed by atoms with E-state index in [-0.39, 0.29) is 18.2 Å². The number of methoxy groups -OCH3 is 1. The third-order valence-corrected chi connectivity index (χ3v) is 4.56. The average Bonchev–Trinajstić information content (AvgIpc) is 2.71. The first-order valence-corrected chi connectivity index (χ1v) is 9.36. The van der Waals surface area contributed by atoms with Gasteiger partial charge in [-0.15, -0.1) is 0 Å². The number of benzene rings is 3. The van der Waals surface area contributed by atoms with Crippen LogP contribution in [-0.4, -0.2) is 18.9 Å². The van der Waals surface area contributed by atoms with Crippen molar-refractivity contribution in [2.45, 2.75) is 20.3 Å². The van der Waals surface area contributed by atoms with E-state index in [2.05, 4.69) is 10.6 Å². The summed E-state index contributed by atoms with van der Waals surface area (Å²) in [6.45, 7) is 3.97. The van der Waals surface area contributed by atoms with Crippen LogP contribution in [0.15, 0.2) is 66.7 Å². The Morgan fingerprint density at radius 1 is 0.793 bits per heavy atom. The first kappa shape index (κ1) is 20.1. The summed E-state index contributed by atoms with van der Waals surface area (Å²) >= 11 is 0. The molecule has 5 nitrogen and oxygen atoms in total. The van der Waals surface area contributed by atoms with Gasteiger partial charge in [0.2, 0.25) is 5.91 Å².